The van der Waals surface area contributed by atoms with Crippen LogP contribution >= 0.6 is 0 Å². The number of anilines is 2. The van der Waals surface area contributed by atoms with Crippen LogP contribution in [0.4, 0.5) is 11.5 Å². The van der Waals surface area contributed by atoms with Gasteiger partial charge in [0.25, 0.3) is 0 Å². The normalized spacial score (nSPS) is 13.5. The molecule has 8 aromatic rings. The Balaban J connectivity index is 1.20. The van der Waals surface area contributed by atoms with Crippen molar-refractivity contribution in [1.82, 2.24) is 14.1 Å². The summed E-state index contributed by atoms with van der Waals surface area (Å²) in [5.41, 5.74) is 16.9. The van der Waals surface area contributed by atoms with Gasteiger partial charge < -0.3 is 0 Å². The average Bonchev–Trinajstić information content (AvgIpc) is 3.51. The summed E-state index contributed by atoms with van der Waals surface area (Å²) >= 11 is 2.53. The zero-order valence-electron chi connectivity index (χ0n) is 33.3. The summed E-state index contributed by atoms with van der Waals surface area (Å²) in [6.45, 7) is 14.5. The molecule has 0 N–H and O–H groups in total. The molecule has 0 aliphatic carbocycles. The van der Waals surface area contributed by atoms with E-state index in [4.69, 9.17) is 9.72 Å². The standard InChI is InChI=1S/C51H46N4O.Pt/c1-34-26-28-52-47(30-34)53-29-27-51(5,6)43-25-24-42(32-46(43)53)56-41-21-15-20-40(31-41)54-33-55(45-23-14-13-22-44(45)54)50-48(38-16-9-7-10-17-38)36(3)35(2)37(4)49(50)39-18-11-8-12-19-39;/h7-26,28,30-32H,27,29H2,1-6H3;. The van der Waals surface area contributed by atoms with E-state index in [1.807, 2.05) is 12.3 Å². The van der Waals surface area contributed by atoms with Gasteiger partial charge in [0.05, 0.1) is 0 Å². The van der Waals surface area contributed by atoms with Gasteiger partial charge in [0.2, 0.25) is 0 Å². The number of para-hydroxylation sites is 2. The molecule has 3 heterocycles. The average molecular weight is 926 g/mol. The second-order valence-electron chi connectivity index (χ2n) is 15.9. The first-order valence-electron chi connectivity index (χ1n) is 19.7. The van der Waals surface area contributed by atoms with Gasteiger partial charge in [-0.05, 0) is 18.6 Å². The number of hydrogen-bond acceptors (Lipinski definition) is 3. The van der Waals surface area contributed by atoms with Crippen molar-refractivity contribution in [1.29, 1.82) is 0 Å². The van der Waals surface area contributed by atoms with Crippen LogP contribution in [0.25, 0.3) is 44.7 Å². The fourth-order valence-electron chi connectivity index (χ4n) is 8.59. The van der Waals surface area contributed by atoms with Crippen molar-refractivity contribution in [3.63, 3.8) is 0 Å². The van der Waals surface area contributed by atoms with E-state index in [1.54, 1.807) is 0 Å². The molecule has 1 aliphatic heterocycles. The molecule has 0 saturated carbocycles. The molecule has 0 bridgehead atoms. The van der Waals surface area contributed by atoms with E-state index in [-0.39, 0.29) is 5.41 Å². The van der Waals surface area contributed by atoms with Gasteiger partial charge in [-0.3, -0.25) is 0 Å². The number of aromatic nitrogens is 3. The van der Waals surface area contributed by atoms with E-state index in [2.05, 4.69) is 208 Å². The molecule has 57 heavy (non-hydrogen) atoms. The summed E-state index contributed by atoms with van der Waals surface area (Å²) in [5, 5.41) is 0. The molecular formula is C51H46N4OPt. The number of rotatable bonds is 7. The summed E-state index contributed by atoms with van der Waals surface area (Å²) in [5.74, 6) is 2.55. The molecule has 0 fully saturated rings. The van der Waals surface area contributed by atoms with Crippen molar-refractivity contribution in [2.45, 2.75) is 53.4 Å². The minimum atomic E-state index is 0.0466. The Bertz CT molecular complexity index is 2800. The van der Waals surface area contributed by atoms with Crippen molar-refractivity contribution >= 4 is 22.5 Å². The molecule has 5 nitrogen and oxygen atoms in total. The van der Waals surface area contributed by atoms with Gasteiger partial charge in [0.1, 0.15) is 0 Å². The van der Waals surface area contributed by atoms with Crippen molar-refractivity contribution in [2.24, 2.45) is 0 Å². The number of nitrogens with zero attached hydrogens (tertiary/aromatic N) is 4. The SMILES string of the molecule is Cc1ccnc(N2CCC(C)(C)c3ccc(Oc4cccc(-n5[c](=[Pt])n(-c6c(-c7ccccc7)c(C)c(C)c(C)c6-c6ccccc6)c6ccccc65)c4)cc32)c1. The van der Waals surface area contributed by atoms with Crippen molar-refractivity contribution in [3.05, 3.63) is 177 Å². The first-order valence-corrected chi connectivity index (χ1v) is 20.8. The molecular weight excluding hydrogens is 880 g/mol. The predicted molar refractivity (Wildman–Crippen MR) is 231 cm³/mol. The molecule has 0 unspecified atom stereocenters. The van der Waals surface area contributed by atoms with Crippen molar-refractivity contribution in [3.8, 4) is 45.1 Å². The van der Waals surface area contributed by atoms with Crippen LogP contribution in [0.2, 0.25) is 0 Å². The minimum absolute atomic E-state index is 0.0466. The summed E-state index contributed by atoms with van der Waals surface area (Å²) in [7, 11) is 0. The summed E-state index contributed by atoms with van der Waals surface area (Å²) in [6.07, 6.45) is 2.95. The van der Waals surface area contributed by atoms with Gasteiger partial charge in [-0.1, -0.05) is 0 Å². The van der Waals surface area contributed by atoms with E-state index < -0.39 is 0 Å². The van der Waals surface area contributed by atoms with Crippen LogP contribution in [-0.2, 0) is 24.8 Å². The fourth-order valence-corrected chi connectivity index (χ4v) is 9.69. The summed E-state index contributed by atoms with van der Waals surface area (Å²) in [6, 6.07) is 49.7. The summed E-state index contributed by atoms with van der Waals surface area (Å²) < 4.78 is 12.7. The number of aryl methyl sites for hydroxylation is 1. The quantitative estimate of drug-likeness (QED) is 0.160. The van der Waals surface area contributed by atoms with Crippen LogP contribution in [0.3, 0.4) is 0 Å². The van der Waals surface area contributed by atoms with Crippen molar-refractivity contribution < 1.29 is 24.1 Å². The summed E-state index contributed by atoms with van der Waals surface area (Å²) in [4.78, 5) is 7.10. The second-order valence-corrected chi connectivity index (χ2v) is 16.9. The van der Waals surface area contributed by atoms with Gasteiger partial charge in [0.15, 0.2) is 0 Å². The monoisotopic (exact) mass is 925 g/mol. The van der Waals surface area contributed by atoms with E-state index in [9.17, 15) is 0 Å². The Morgan fingerprint density at radius 2 is 1.23 bits per heavy atom. The molecule has 2 aromatic heterocycles. The van der Waals surface area contributed by atoms with Crippen LogP contribution in [0.15, 0.2) is 146 Å². The van der Waals surface area contributed by atoms with E-state index in [1.165, 1.54) is 55.8 Å². The molecule has 6 aromatic carbocycles. The molecule has 6 heteroatoms. The topological polar surface area (TPSA) is 35.2 Å². The Hall–Kier alpha value is -5.77. The van der Waals surface area contributed by atoms with Gasteiger partial charge >= 0.3 is 323 Å². The molecule has 9 rings (SSSR count). The second kappa shape index (κ2) is 14.6. The van der Waals surface area contributed by atoms with Gasteiger partial charge in [0, 0.05) is 6.20 Å². The van der Waals surface area contributed by atoms with E-state index >= 15 is 0 Å². The number of benzene rings is 6. The number of hydrogen-bond donors (Lipinski definition) is 0. The van der Waals surface area contributed by atoms with Crippen molar-refractivity contribution in [2.75, 3.05) is 11.4 Å². The van der Waals surface area contributed by atoms with Crippen LogP contribution in [0.5, 0.6) is 11.5 Å². The molecule has 0 atom stereocenters. The van der Waals surface area contributed by atoms with Crippen LogP contribution in [0, 0.1) is 31.5 Å². The van der Waals surface area contributed by atoms with E-state index in [0.717, 1.165) is 56.5 Å². The predicted octanol–water partition coefficient (Wildman–Crippen LogP) is 13.1. The first-order chi connectivity index (χ1) is 27.6. The van der Waals surface area contributed by atoms with Gasteiger partial charge in [-0.2, -0.15) is 0 Å². The molecule has 0 amide bonds. The maximum atomic E-state index is 6.76. The Kier molecular flexibility index (Phi) is 9.45. The van der Waals surface area contributed by atoms with Gasteiger partial charge in [-0.15, -0.1) is 0 Å². The van der Waals surface area contributed by atoms with Crippen LogP contribution in [-0.4, -0.2) is 20.7 Å². The third kappa shape index (κ3) is 6.48. The fraction of sp³-hybridized carbons (Fsp3) is 0.176. The zero-order valence-corrected chi connectivity index (χ0v) is 35.6. The molecule has 1 aliphatic rings. The molecule has 0 saturated heterocycles. The van der Waals surface area contributed by atoms with E-state index in [0.29, 0.717) is 0 Å². The number of ether oxygens (including phenoxy) is 1. The van der Waals surface area contributed by atoms with Crippen LogP contribution in [0.1, 0.15) is 48.1 Å². The first kappa shape index (κ1) is 36.8. The molecule has 286 valence electrons. The Labute approximate surface area is 346 Å². The van der Waals surface area contributed by atoms with Gasteiger partial charge in [-0.25, -0.2) is 0 Å². The number of fused-ring (bicyclic) bond motifs is 2. The maximum absolute atomic E-state index is 6.76. The van der Waals surface area contributed by atoms with Crippen LogP contribution < -0.4 is 9.64 Å². The number of pyridine rings is 1. The molecule has 0 spiro atoms. The zero-order chi connectivity index (χ0) is 39.4. The third-order valence-electron chi connectivity index (χ3n) is 11.8. The number of imidazole rings is 1. The Morgan fingerprint density at radius 1 is 0.614 bits per heavy atom. The Morgan fingerprint density at radius 3 is 1.88 bits per heavy atom. The third-order valence-corrected chi connectivity index (χ3v) is 12.9. The molecule has 0 radical (unpaired) electrons.